The molecule has 0 saturated heterocycles. The van der Waals surface area contributed by atoms with Crippen LogP contribution in [0.1, 0.15) is 0 Å². The second-order valence-corrected chi connectivity index (χ2v) is 1.57. The maximum atomic E-state index is 10.3. The van der Waals surface area contributed by atoms with Crippen LogP contribution < -0.4 is 16.1 Å². The van der Waals surface area contributed by atoms with Crippen molar-refractivity contribution in [3.63, 3.8) is 0 Å². The lowest BCUT2D eigenvalue weighted by atomic mass is 10.7. The topological polar surface area (TPSA) is 74.6 Å². The smallest absolute Gasteiger partial charge is 0.353 e. The lowest BCUT2D eigenvalue weighted by Gasteiger charge is -1.93. The molecule has 6 heteroatoms. The van der Waals surface area contributed by atoms with E-state index in [9.17, 15) is 9.59 Å². The highest BCUT2D eigenvalue weighted by Gasteiger charge is 2.03. The van der Waals surface area contributed by atoms with Crippen molar-refractivity contribution < 1.29 is 13.9 Å². The average Bonchev–Trinajstić information content (AvgIpc) is 2.28. The van der Waals surface area contributed by atoms with Gasteiger partial charge in [-0.25, -0.2) is 9.59 Å². The number of rotatable bonds is 3. The molecule has 0 amide bonds. The van der Waals surface area contributed by atoms with Crippen molar-refractivity contribution in [1.82, 2.24) is 5.08 Å². The standard InChI is InChI=1S/C5H5NO5/c1-2-3-9-6-10-4(7)5(8)11-6/h2H,1,3H2. The van der Waals surface area contributed by atoms with Gasteiger partial charge in [-0.15, -0.1) is 0 Å². The minimum Gasteiger partial charge on any atom is -0.353 e. The summed E-state index contributed by atoms with van der Waals surface area (Å²) in [5.74, 6) is 0. The van der Waals surface area contributed by atoms with Crippen LogP contribution >= 0.6 is 0 Å². The van der Waals surface area contributed by atoms with Crippen LogP contribution in [0.15, 0.2) is 31.3 Å². The first-order chi connectivity index (χ1) is 5.24. The minimum atomic E-state index is -1.10. The average molecular weight is 159 g/mol. The van der Waals surface area contributed by atoms with Crippen LogP contribution in [0.2, 0.25) is 0 Å². The fourth-order valence-electron chi connectivity index (χ4n) is 0.395. The molecule has 0 spiro atoms. The van der Waals surface area contributed by atoms with E-state index in [1.165, 1.54) is 6.08 Å². The number of aromatic nitrogens is 1. The van der Waals surface area contributed by atoms with E-state index in [4.69, 9.17) is 0 Å². The summed E-state index contributed by atoms with van der Waals surface area (Å²) in [7, 11) is 0. The van der Waals surface area contributed by atoms with Crippen molar-refractivity contribution in [2.45, 2.75) is 0 Å². The van der Waals surface area contributed by atoms with E-state index in [1.54, 1.807) is 0 Å². The van der Waals surface area contributed by atoms with Gasteiger partial charge in [0.05, 0.1) is 0 Å². The van der Waals surface area contributed by atoms with E-state index in [2.05, 4.69) is 20.5 Å². The van der Waals surface area contributed by atoms with Gasteiger partial charge in [0.25, 0.3) is 0 Å². The number of hydrogen-bond acceptors (Lipinski definition) is 5. The third kappa shape index (κ3) is 1.60. The molecule has 0 N–H and O–H groups in total. The first kappa shape index (κ1) is 7.39. The third-order valence-corrected chi connectivity index (χ3v) is 0.779. The van der Waals surface area contributed by atoms with Gasteiger partial charge in [-0.05, 0) is 0 Å². The van der Waals surface area contributed by atoms with E-state index < -0.39 is 11.3 Å². The molecule has 0 aliphatic carbocycles. The molecule has 0 aliphatic rings. The lowest BCUT2D eigenvalue weighted by molar-refractivity contribution is -0.137. The predicted molar refractivity (Wildman–Crippen MR) is 33.1 cm³/mol. The molecule has 0 saturated carbocycles. The number of nitrogens with zero attached hydrogens (tertiary/aromatic N) is 1. The zero-order valence-electron chi connectivity index (χ0n) is 5.48. The maximum absolute atomic E-state index is 10.3. The van der Waals surface area contributed by atoms with E-state index in [0.29, 0.717) is 5.08 Å². The molecule has 1 aromatic heterocycles. The van der Waals surface area contributed by atoms with Crippen molar-refractivity contribution in [3.05, 3.63) is 33.5 Å². The molecule has 1 aromatic rings. The quantitative estimate of drug-likeness (QED) is 0.418. The summed E-state index contributed by atoms with van der Waals surface area (Å²) >= 11 is 0. The second-order valence-electron chi connectivity index (χ2n) is 1.57. The van der Waals surface area contributed by atoms with Crippen LogP contribution in [-0.4, -0.2) is 11.7 Å². The molecule has 0 bridgehead atoms. The van der Waals surface area contributed by atoms with Gasteiger partial charge in [-0.3, -0.25) is 9.05 Å². The Morgan fingerprint density at radius 1 is 1.45 bits per heavy atom. The zero-order valence-corrected chi connectivity index (χ0v) is 5.48. The van der Waals surface area contributed by atoms with E-state index in [0.717, 1.165) is 0 Å². The van der Waals surface area contributed by atoms with Crippen molar-refractivity contribution >= 4 is 0 Å². The van der Waals surface area contributed by atoms with Crippen LogP contribution in [-0.2, 0) is 0 Å². The van der Waals surface area contributed by atoms with Crippen molar-refractivity contribution in [2.75, 3.05) is 6.61 Å². The Morgan fingerprint density at radius 2 is 2.00 bits per heavy atom. The first-order valence-electron chi connectivity index (χ1n) is 2.72. The van der Waals surface area contributed by atoms with Gasteiger partial charge in [0.15, 0.2) is 0 Å². The molecule has 11 heavy (non-hydrogen) atoms. The SMILES string of the molecule is C=CCOn1oc(=O)c(=O)o1. The Labute approximate surface area is 60.2 Å². The summed E-state index contributed by atoms with van der Waals surface area (Å²) in [5, 5.41) is 0.340. The number of hydrogen-bond donors (Lipinski definition) is 0. The molecule has 0 fully saturated rings. The molecule has 0 radical (unpaired) electrons. The largest absolute Gasteiger partial charge is 0.449 e. The van der Waals surface area contributed by atoms with E-state index in [1.807, 2.05) is 0 Å². The molecular weight excluding hydrogens is 154 g/mol. The summed E-state index contributed by atoms with van der Waals surface area (Å²) in [4.78, 5) is 25.1. The van der Waals surface area contributed by atoms with Crippen LogP contribution in [0, 0.1) is 0 Å². The summed E-state index contributed by atoms with van der Waals surface area (Å²) in [5.41, 5.74) is -2.21. The van der Waals surface area contributed by atoms with Crippen LogP contribution in [0.4, 0.5) is 0 Å². The molecule has 1 heterocycles. The van der Waals surface area contributed by atoms with Gasteiger partial charge in [-0.1, -0.05) is 12.7 Å². The highest BCUT2D eigenvalue weighted by atomic mass is 17.0. The predicted octanol–water partition coefficient (Wildman–Crippen LogP) is -0.991. The molecular formula is C5H5NO5. The molecule has 60 valence electrons. The Balaban J connectivity index is 2.81. The summed E-state index contributed by atoms with van der Waals surface area (Å²) in [6.07, 6.45) is 1.40. The molecule has 0 aromatic carbocycles. The summed E-state index contributed by atoms with van der Waals surface area (Å²) in [6, 6.07) is 0. The molecule has 0 aliphatic heterocycles. The summed E-state index contributed by atoms with van der Waals surface area (Å²) in [6.45, 7) is 3.41. The zero-order chi connectivity index (χ0) is 8.27. The monoisotopic (exact) mass is 159 g/mol. The first-order valence-corrected chi connectivity index (χ1v) is 2.72. The molecule has 6 nitrogen and oxygen atoms in total. The van der Waals surface area contributed by atoms with Crippen molar-refractivity contribution in [3.8, 4) is 0 Å². The van der Waals surface area contributed by atoms with Crippen LogP contribution in [0.25, 0.3) is 0 Å². The van der Waals surface area contributed by atoms with Crippen molar-refractivity contribution in [1.29, 1.82) is 0 Å². The Kier molecular flexibility index (Phi) is 1.95. The van der Waals surface area contributed by atoms with Gasteiger partial charge >= 0.3 is 11.3 Å². The van der Waals surface area contributed by atoms with E-state index >= 15 is 0 Å². The minimum absolute atomic E-state index is 0.0839. The normalized spacial score (nSPS) is 9.45. The van der Waals surface area contributed by atoms with Gasteiger partial charge in [0.1, 0.15) is 11.7 Å². The highest BCUT2D eigenvalue weighted by molar-refractivity contribution is 4.63. The Hall–Kier alpha value is -1.72. The fraction of sp³-hybridized carbons (Fsp3) is 0.200. The highest BCUT2D eigenvalue weighted by Crippen LogP contribution is 1.72. The third-order valence-electron chi connectivity index (χ3n) is 0.779. The molecule has 1 rings (SSSR count). The Morgan fingerprint density at radius 3 is 2.45 bits per heavy atom. The lowest BCUT2D eigenvalue weighted by Crippen LogP contribution is -2.14. The second kappa shape index (κ2) is 2.91. The van der Waals surface area contributed by atoms with Crippen LogP contribution in [0.3, 0.4) is 0 Å². The maximum Gasteiger partial charge on any atom is 0.449 e. The van der Waals surface area contributed by atoms with Crippen LogP contribution in [0.5, 0.6) is 0 Å². The van der Waals surface area contributed by atoms with Gasteiger partial charge in [0, 0.05) is 0 Å². The van der Waals surface area contributed by atoms with Gasteiger partial charge in [-0.2, -0.15) is 0 Å². The summed E-state index contributed by atoms with van der Waals surface area (Å²) < 4.78 is 8.26. The Bertz CT molecular complexity index is 315. The van der Waals surface area contributed by atoms with E-state index in [-0.39, 0.29) is 6.61 Å². The van der Waals surface area contributed by atoms with Crippen molar-refractivity contribution in [2.24, 2.45) is 0 Å². The molecule has 0 unspecified atom stereocenters. The van der Waals surface area contributed by atoms with Gasteiger partial charge < -0.3 is 4.84 Å². The van der Waals surface area contributed by atoms with Gasteiger partial charge in [0.2, 0.25) is 0 Å². The fourth-order valence-corrected chi connectivity index (χ4v) is 0.395. The molecule has 0 atom stereocenters.